The molecule has 0 fully saturated rings. The fraction of sp³-hybridized carbons (Fsp3) is 0.480. The van der Waals surface area contributed by atoms with Crippen LogP contribution in [-0.2, 0) is 14.4 Å². The van der Waals surface area contributed by atoms with E-state index in [1.54, 1.807) is 24.3 Å². The molecule has 1 atom stereocenters. The third-order valence-corrected chi connectivity index (χ3v) is 4.94. The average Bonchev–Trinajstić information content (AvgIpc) is 2.71. The van der Waals surface area contributed by atoms with Gasteiger partial charge in [0, 0.05) is 30.0 Å². The fourth-order valence-corrected chi connectivity index (χ4v) is 3.22. The van der Waals surface area contributed by atoms with Crippen molar-refractivity contribution in [1.29, 1.82) is 0 Å². The number of rotatable bonds is 14. The Morgan fingerprint density at radius 2 is 1.68 bits per heavy atom. The van der Waals surface area contributed by atoms with Crippen molar-refractivity contribution in [2.75, 3.05) is 5.32 Å². The number of aliphatic carboxylic acids is 1. The molecule has 0 radical (unpaired) electrons. The van der Waals surface area contributed by atoms with Crippen molar-refractivity contribution in [3.8, 4) is 0 Å². The van der Waals surface area contributed by atoms with Crippen LogP contribution in [0.25, 0.3) is 5.57 Å². The van der Waals surface area contributed by atoms with Gasteiger partial charge in [0.05, 0.1) is 0 Å². The molecule has 0 aromatic heterocycles. The first-order valence-electron chi connectivity index (χ1n) is 11.1. The minimum absolute atomic E-state index is 0.124. The second-order valence-electron chi connectivity index (χ2n) is 7.89. The van der Waals surface area contributed by atoms with Crippen LogP contribution in [0.5, 0.6) is 0 Å². The van der Waals surface area contributed by atoms with Crippen LogP contribution in [0.3, 0.4) is 0 Å². The topological polar surface area (TPSA) is 95.5 Å². The Bertz CT molecular complexity index is 783. The lowest BCUT2D eigenvalue weighted by molar-refractivity contribution is -0.131. The number of carbonyl (C=O) groups excluding carboxylic acids is 2. The van der Waals surface area contributed by atoms with E-state index in [1.807, 2.05) is 19.9 Å². The molecule has 0 heterocycles. The first-order valence-corrected chi connectivity index (χ1v) is 11.1. The summed E-state index contributed by atoms with van der Waals surface area (Å²) in [5.41, 5.74) is 2.10. The van der Waals surface area contributed by atoms with Gasteiger partial charge in [0.2, 0.25) is 11.8 Å². The Balaban J connectivity index is 2.49. The Morgan fingerprint density at radius 3 is 2.35 bits per heavy atom. The summed E-state index contributed by atoms with van der Waals surface area (Å²) in [6.45, 7) is 6.09. The molecule has 3 N–H and O–H groups in total. The zero-order valence-electron chi connectivity index (χ0n) is 18.9. The maximum Gasteiger partial charge on any atom is 0.328 e. The molecule has 6 heteroatoms. The summed E-state index contributed by atoms with van der Waals surface area (Å²) in [6, 6.07) is 7.19. The lowest BCUT2D eigenvalue weighted by Gasteiger charge is -2.13. The summed E-state index contributed by atoms with van der Waals surface area (Å²) >= 11 is 0. The number of unbranched alkanes of at least 4 members (excludes halogenated alkanes) is 6. The highest BCUT2D eigenvalue weighted by Gasteiger charge is 2.07. The molecule has 31 heavy (non-hydrogen) atoms. The van der Waals surface area contributed by atoms with Gasteiger partial charge < -0.3 is 15.7 Å². The summed E-state index contributed by atoms with van der Waals surface area (Å²) in [7, 11) is 0. The third kappa shape index (κ3) is 12.4. The number of anilines is 1. The number of amides is 2. The summed E-state index contributed by atoms with van der Waals surface area (Å²) < 4.78 is 0. The third-order valence-electron chi connectivity index (χ3n) is 4.94. The first kappa shape index (κ1) is 26.1. The van der Waals surface area contributed by atoms with Crippen molar-refractivity contribution in [2.45, 2.75) is 78.2 Å². The first-order chi connectivity index (χ1) is 14.8. The molecule has 0 spiro atoms. The van der Waals surface area contributed by atoms with Crippen LogP contribution in [0, 0.1) is 0 Å². The summed E-state index contributed by atoms with van der Waals surface area (Å²) in [5, 5.41) is 14.2. The lowest BCUT2D eigenvalue weighted by Crippen LogP contribution is -2.31. The Hall–Kier alpha value is -2.89. The fourth-order valence-electron chi connectivity index (χ4n) is 3.22. The Kier molecular flexibility index (Phi) is 12.6. The predicted molar refractivity (Wildman–Crippen MR) is 126 cm³/mol. The van der Waals surface area contributed by atoms with Crippen LogP contribution in [0.1, 0.15) is 77.7 Å². The number of hydrogen-bond donors (Lipinski definition) is 3. The number of allylic oxidation sites excluding steroid dienone is 1. The van der Waals surface area contributed by atoms with E-state index in [0.717, 1.165) is 36.1 Å². The number of carboxylic acid groups (broad SMARTS) is 1. The largest absolute Gasteiger partial charge is 0.478 e. The minimum atomic E-state index is -1.19. The Labute approximate surface area is 185 Å². The minimum Gasteiger partial charge on any atom is -0.478 e. The van der Waals surface area contributed by atoms with E-state index in [4.69, 9.17) is 5.11 Å². The highest BCUT2D eigenvalue weighted by atomic mass is 16.4. The highest BCUT2D eigenvalue weighted by molar-refractivity contribution is 6.02. The molecule has 0 bridgehead atoms. The second kappa shape index (κ2) is 15.0. The van der Waals surface area contributed by atoms with E-state index in [0.29, 0.717) is 5.69 Å². The zero-order chi connectivity index (χ0) is 23.1. The van der Waals surface area contributed by atoms with Gasteiger partial charge in [-0.25, -0.2) is 4.79 Å². The standard InChI is InChI=1S/C25H36N2O4/c1-4-5-6-7-8-9-10-12-20(3)26-24(29)17-19(2)21-13-11-14-22(18-21)27-23(28)15-16-25(30)31/h11,13-18,20H,4-10,12H2,1-3H3,(H,26,29)(H,27,28)(H,30,31)/b16-15-,19-17?. The van der Waals surface area contributed by atoms with Gasteiger partial charge in [0.25, 0.3) is 0 Å². The molecule has 0 aliphatic carbocycles. The second-order valence-corrected chi connectivity index (χ2v) is 7.89. The van der Waals surface area contributed by atoms with Crippen LogP contribution in [-0.4, -0.2) is 28.9 Å². The monoisotopic (exact) mass is 428 g/mol. The van der Waals surface area contributed by atoms with Crippen LogP contribution >= 0.6 is 0 Å². The smallest absolute Gasteiger partial charge is 0.328 e. The molecule has 0 saturated carbocycles. The molecule has 2 amide bonds. The summed E-state index contributed by atoms with van der Waals surface area (Å²) in [4.78, 5) is 34.6. The molecular formula is C25H36N2O4. The van der Waals surface area contributed by atoms with Gasteiger partial charge in [-0.05, 0) is 43.5 Å². The van der Waals surface area contributed by atoms with Gasteiger partial charge in [-0.2, -0.15) is 0 Å². The molecular weight excluding hydrogens is 392 g/mol. The Morgan fingerprint density at radius 1 is 1.00 bits per heavy atom. The summed E-state index contributed by atoms with van der Waals surface area (Å²) in [5.74, 6) is -1.85. The van der Waals surface area contributed by atoms with E-state index in [9.17, 15) is 14.4 Å². The van der Waals surface area contributed by atoms with Gasteiger partial charge in [0.15, 0.2) is 0 Å². The van der Waals surface area contributed by atoms with Gasteiger partial charge in [-0.1, -0.05) is 64.0 Å². The quantitative estimate of drug-likeness (QED) is 0.276. The van der Waals surface area contributed by atoms with Crippen molar-refractivity contribution >= 4 is 29.0 Å². The molecule has 0 saturated heterocycles. The van der Waals surface area contributed by atoms with E-state index < -0.39 is 11.9 Å². The van der Waals surface area contributed by atoms with Crippen LogP contribution in [0.4, 0.5) is 5.69 Å². The number of nitrogens with one attached hydrogen (secondary N) is 2. The van der Waals surface area contributed by atoms with Crippen molar-refractivity contribution in [3.05, 3.63) is 48.1 Å². The molecule has 1 unspecified atom stereocenters. The number of carbonyl (C=O) groups is 3. The average molecular weight is 429 g/mol. The van der Waals surface area contributed by atoms with E-state index in [-0.39, 0.29) is 11.9 Å². The van der Waals surface area contributed by atoms with Crippen molar-refractivity contribution < 1.29 is 19.5 Å². The molecule has 0 aliphatic rings. The van der Waals surface area contributed by atoms with Gasteiger partial charge in [-0.3, -0.25) is 9.59 Å². The summed E-state index contributed by atoms with van der Waals surface area (Å²) in [6.07, 6.45) is 13.0. The van der Waals surface area contributed by atoms with Crippen LogP contribution < -0.4 is 10.6 Å². The van der Waals surface area contributed by atoms with Gasteiger partial charge in [0.1, 0.15) is 0 Å². The van der Waals surface area contributed by atoms with Crippen molar-refractivity contribution in [1.82, 2.24) is 5.32 Å². The predicted octanol–water partition coefficient (Wildman–Crippen LogP) is 5.31. The van der Waals surface area contributed by atoms with E-state index in [2.05, 4.69) is 17.6 Å². The SMILES string of the molecule is CCCCCCCCCC(C)NC(=O)C=C(C)c1cccc(NC(=O)/C=C\C(=O)O)c1. The number of benzene rings is 1. The molecule has 0 aliphatic heterocycles. The molecule has 1 aromatic rings. The molecule has 170 valence electrons. The highest BCUT2D eigenvalue weighted by Crippen LogP contribution is 2.18. The molecule has 6 nitrogen and oxygen atoms in total. The van der Waals surface area contributed by atoms with Gasteiger partial charge in [-0.15, -0.1) is 0 Å². The van der Waals surface area contributed by atoms with E-state index >= 15 is 0 Å². The zero-order valence-corrected chi connectivity index (χ0v) is 18.9. The number of hydrogen-bond acceptors (Lipinski definition) is 3. The van der Waals surface area contributed by atoms with E-state index in [1.165, 1.54) is 38.5 Å². The number of carboxylic acids is 1. The van der Waals surface area contributed by atoms with Crippen molar-refractivity contribution in [3.63, 3.8) is 0 Å². The lowest BCUT2D eigenvalue weighted by atomic mass is 10.0. The van der Waals surface area contributed by atoms with Crippen LogP contribution in [0.2, 0.25) is 0 Å². The van der Waals surface area contributed by atoms with Crippen molar-refractivity contribution in [2.24, 2.45) is 0 Å². The molecule has 1 aromatic carbocycles. The maximum absolute atomic E-state index is 12.3. The molecule has 1 rings (SSSR count). The van der Waals surface area contributed by atoms with Gasteiger partial charge >= 0.3 is 5.97 Å². The normalized spacial score (nSPS) is 12.5. The maximum atomic E-state index is 12.3. The van der Waals surface area contributed by atoms with Crippen LogP contribution in [0.15, 0.2) is 42.5 Å².